The lowest BCUT2D eigenvalue weighted by Crippen LogP contribution is -2.51. The van der Waals surface area contributed by atoms with E-state index in [0.717, 1.165) is 42.8 Å². The predicted molar refractivity (Wildman–Crippen MR) is 101 cm³/mol. The van der Waals surface area contributed by atoms with Crippen LogP contribution < -0.4 is 4.74 Å². The number of hydrogen-bond acceptors (Lipinski definition) is 4. The van der Waals surface area contributed by atoms with Crippen LogP contribution >= 0.6 is 11.6 Å². The molecule has 5 heteroatoms. The van der Waals surface area contributed by atoms with E-state index in [0.29, 0.717) is 18.0 Å². The van der Waals surface area contributed by atoms with Crippen LogP contribution in [0.5, 0.6) is 5.75 Å². The fraction of sp³-hybridized carbons (Fsp3) is 0.429. The van der Waals surface area contributed by atoms with E-state index in [9.17, 15) is 10.2 Å². The van der Waals surface area contributed by atoms with E-state index in [1.165, 1.54) is 0 Å². The first-order valence-corrected chi connectivity index (χ1v) is 9.54. The van der Waals surface area contributed by atoms with Gasteiger partial charge in [0.05, 0.1) is 12.2 Å². The average Bonchev–Trinajstić information content (AvgIpc) is 2.64. The van der Waals surface area contributed by atoms with Crippen molar-refractivity contribution in [3.8, 4) is 5.75 Å². The van der Waals surface area contributed by atoms with E-state index in [-0.39, 0.29) is 5.60 Å². The fourth-order valence-corrected chi connectivity index (χ4v) is 4.20. The molecule has 1 fully saturated rings. The van der Waals surface area contributed by atoms with Gasteiger partial charge in [-0.3, -0.25) is 0 Å². The Morgan fingerprint density at radius 3 is 2.54 bits per heavy atom. The number of ether oxygens (including phenoxy) is 1. The third kappa shape index (κ3) is 3.60. The largest absolute Gasteiger partial charge is 0.487 e. The third-order valence-corrected chi connectivity index (χ3v) is 5.88. The average molecular weight is 374 g/mol. The molecule has 138 valence electrons. The van der Waals surface area contributed by atoms with Gasteiger partial charge in [0.2, 0.25) is 0 Å². The Hall–Kier alpha value is -1.59. The molecule has 1 spiro atoms. The number of hydrogen-bond donors (Lipinski definition) is 2. The molecule has 2 aromatic rings. The summed E-state index contributed by atoms with van der Waals surface area (Å²) in [6, 6.07) is 15.1. The number of rotatable bonds is 3. The standard InChI is InChI=1S/C21H24ClNO3/c22-16-7-5-15(6-8-16)19(25)14-23-11-9-21(10-12-23)13-18(24)17-3-1-2-4-20(17)26-21/h1-8,18-19,24-25H,9-14H2/t18-,19+/m1/s1. The van der Waals surface area contributed by atoms with Gasteiger partial charge in [-0.05, 0) is 36.6 Å². The first-order chi connectivity index (χ1) is 12.5. The highest BCUT2D eigenvalue weighted by Gasteiger charge is 2.42. The summed E-state index contributed by atoms with van der Waals surface area (Å²) in [5, 5.41) is 21.7. The van der Waals surface area contributed by atoms with Crippen LogP contribution in [-0.4, -0.2) is 40.3 Å². The van der Waals surface area contributed by atoms with Crippen LogP contribution in [0.2, 0.25) is 5.02 Å². The minimum absolute atomic E-state index is 0.296. The van der Waals surface area contributed by atoms with E-state index < -0.39 is 12.2 Å². The van der Waals surface area contributed by atoms with Crippen LogP contribution in [0.25, 0.3) is 0 Å². The van der Waals surface area contributed by atoms with Gasteiger partial charge in [0.25, 0.3) is 0 Å². The van der Waals surface area contributed by atoms with Crippen molar-refractivity contribution in [3.63, 3.8) is 0 Å². The molecular formula is C21H24ClNO3. The third-order valence-electron chi connectivity index (χ3n) is 5.62. The zero-order valence-corrected chi connectivity index (χ0v) is 15.4. The quantitative estimate of drug-likeness (QED) is 0.860. The Kier molecular flexibility index (Phi) is 4.93. The lowest BCUT2D eigenvalue weighted by Gasteiger charge is -2.46. The number of β-amino-alcohol motifs (C(OH)–C–C–N with tert-alkyl or cyclic N) is 1. The van der Waals surface area contributed by atoms with E-state index in [2.05, 4.69) is 4.90 Å². The topological polar surface area (TPSA) is 52.9 Å². The molecule has 0 aromatic heterocycles. The monoisotopic (exact) mass is 373 g/mol. The Labute approximate surface area is 159 Å². The highest BCUT2D eigenvalue weighted by Crippen LogP contribution is 2.44. The summed E-state index contributed by atoms with van der Waals surface area (Å²) in [7, 11) is 0. The molecular weight excluding hydrogens is 350 g/mol. The lowest BCUT2D eigenvalue weighted by atomic mass is 9.81. The van der Waals surface area contributed by atoms with Crippen LogP contribution in [-0.2, 0) is 0 Å². The molecule has 4 nitrogen and oxygen atoms in total. The number of aliphatic hydroxyl groups is 2. The number of nitrogens with zero attached hydrogens (tertiary/aromatic N) is 1. The van der Waals surface area contributed by atoms with Crippen molar-refractivity contribution in [2.45, 2.75) is 37.1 Å². The molecule has 0 amide bonds. The number of aliphatic hydroxyl groups excluding tert-OH is 2. The maximum absolute atomic E-state index is 10.5. The molecule has 26 heavy (non-hydrogen) atoms. The summed E-state index contributed by atoms with van der Waals surface area (Å²) >= 11 is 5.91. The first kappa shape index (κ1) is 17.8. The van der Waals surface area contributed by atoms with Crippen LogP contribution in [0, 0.1) is 0 Å². The number of para-hydroxylation sites is 1. The molecule has 0 radical (unpaired) electrons. The number of fused-ring (bicyclic) bond motifs is 1. The van der Waals surface area contributed by atoms with Gasteiger partial charge in [-0.25, -0.2) is 0 Å². The fourth-order valence-electron chi connectivity index (χ4n) is 4.07. The molecule has 0 bridgehead atoms. The zero-order chi connectivity index (χ0) is 18.1. The highest BCUT2D eigenvalue weighted by atomic mass is 35.5. The molecule has 2 aliphatic heterocycles. The second-order valence-corrected chi connectivity index (χ2v) is 7.85. The van der Waals surface area contributed by atoms with Gasteiger partial charge in [0, 0.05) is 36.6 Å². The first-order valence-electron chi connectivity index (χ1n) is 9.17. The summed E-state index contributed by atoms with van der Waals surface area (Å²) in [6.07, 6.45) is 1.35. The molecule has 0 saturated carbocycles. The molecule has 2 atom stereocenters. The van der Waals surface area contributed by atoms with Crippen molar-refractivity contribution >= 4 is 11.6 Å². The summed E-state index contributed by atoms with van der Waals surface area (Å²) in [6.45, 7) is 2.29. The number of halogens is 1. The van der Waals surface area contributed by atoms with Crippen LogP contribution in [0.3, 0.4) is 0 Å². The number of benzene rings is 2. The summed E-state index contributed by atoms with van der Waals surface area (Å²) in [5.74, 6) is 0.806. The Morgan fingerprint density at radius 2 is 1.81 bits per heavy atom. The van der Waals surface area contributed by atoms with Crippen molar-refractivity contribution in [1.82, 2.24) is 4.90 Å². The van der Waals surface area contributed by atoms with E-state index in [1.54, 1.807) is 12.1 Å². The van der Waals surface area contributed by atoms with Gasteiger partial charge < -0.3 is 19.8 Å². The van der Waals surface area contributed by atoms with Gasteiger partial charge in [0.15, 0.2) is 0 Å². The second-order valence-electron chi connectivity index (χ2n) is 7.41. The minimum atomic E-state index is -0.528. The van der Waals surface area contributed by atoms with Crippen molar-refractivity contribution in [2.24, 2.45) is 0 Å². The van der Waals surface area contributed by atoms with E-state index in [1.807, 2.05) is 36.4 Å². The normalized spacial score (nSPS) is 23.3. The smallest absolute Gasteiger partial charge is 0.125 e. The van der Waals surface area contributed by atoms with Crippen LogP contribution in [0.1, 0.15) is 42.6 Å². The number of likely N-dealkylation sites (tertiary alicyclic amines) is 1. The Bertz CT molecular complexity index is 756. The molecule has 1 saturated heterocycles. The molecule has 4 rings (SSSR count). The molecule has 2 N–H and O–H groups in total. The molecule has 2 aromatic carbocycles. The van der Waals surface area contributed by atoms with E-state index >= 15 is 0 Å². The van der Waals surface area contributed by atoms with Gasteiger partial charge in [-0.15, -0.1) is 0 Å². The van der Waals surface area contributed by atoms with Crippen LogP contribution in [0.4, 0.5) is 0 Å². The maximum atomic E-state index is 10.5. The van der Waals surface area contributed by atoms with Crippen molar-refractivity contribution in [1.29, 1.82) is 0 Å². The summed E-state index contributed by atoms with van der Waals surface area (Å²) in [5.41, 5.74) is 1.47. The van der Waals surface area contributed by atoms with Crippen molar-refractivity contribution in [2.75, 3.05) is 19.6 Å². The highest BCUT2D eigenvalue weighted by molar-refractivity contribution is 6.30. The molecule has 0 aliphatic carbocycles. The molecule has 0 unspecified atom stereocenters. The second kappa shape index (κ2) is 7.20. The Morgan fingerprint density at radius 1 is 1.12 bits per heavy atom. The molecule has 2 aliphatic rings. The molecule has 2 heterocycles. The van der Waals surface area contributed by atoms with Gasteiger partial charge in [-0.2, -0.15) is 0 Å². The van der Waals surface area contributed by atoms with Gasteiger partial charge in [-0.1, -0.05) is 41.9 Å². The van der Waals surface area contributed by atoms with Gasteiger partial charge >= 0.3 is 0 Å². The SMILES string of the molecule is O[C@@H]1CC2(CCN(C[C@H](O)c3ccc(Cl)cc3)CC2)Oc2ccccc21. The predicted octanol–water partition coefficient (Wildman–Crippen LogP) is 3.72. The Balaban J connectivity index is 1.38. The van der Waals surface area contributed by atoms with E-state index in [4.69, 9.17) is 16.3 Å². The van der Waals surface area contributed by atoms with Crippen molar-refractivity contribution < 1.29 is 14.9 Å². The number of piperidine rings is 1. The minimum Gasteiger partial charge on any atom is -0.487 e. The van der Waals surface area contributed by atoms with Gasteiger partial charge in [0.1, 0.15) is 11.4 Å². The zero-order valence-electron chi connectivity index (χ0n) is 14.6. The summed E-state index contributed by atoms with van der Waals surface area (Å²) < 4.78 is 6.32. The lowest BCUT2D eigenvalue weighted by molar-refractivity contribution is -0.0587. The van der Waals surface area contributed by atoms with Crippen molar-refractivity contribution in [3.05, 3.63) is 64.7 Å². The van der Waals surface area contributed by atoms with Crippen LogP contribution in [0.15, 0.2) is 48.5 Å². The summed E-state index contributed by atoms with van der Waals surface area (Å²) in [4.78, 5) is 2.26. The maximum Gasteiger partial charge on any atom is 0.125 e.